The summed E-state index contributed by atoms with van der Waals surface area (Å²) >= 11 is 3.17. The van der Waals surface area contributed by atoms with E-state index in [1.54, 1.807) is 18.3 Å². The van der Waals surface area contributed by atoms with Gasteiger partial charge in [-0.15, -0.1) is 0 Å². The molecule has 1 aromatic heterocycles. The van der Waals surface area contributed by atoms with E-state index in [0.717, 1.165) is 5.56 Å². The topological polar surface area (TPSA) is 34.9 Å². The van der Waals surface area contributed by atoms with Crippen LogP contribution in [-0.2, 0) is 6.54 Å². The second kappa shape index (κ2) is 4.79. The maximum atomic E-state index is 13.3. The lowest BCUT2D eigenvalue weighted by Gasteiger charge is -2.08. The summed E-state index contributed by atoms with van der Waals surface area (Å²) in [6.07, 6.45) is 3.21. The third-order valence-electron chi connectivity index (χ3n) is 2.36. The molecule has 2 aromatic rings. The van der Waals surface area contributed by atoms with Crippen LogP contribution in [0, 0.1) is 12.7 Å². The largest absolute Gasteiger partial charge is 0.347 e. The van der Waals surface area contributed by atoms with Crippen LogP contribution in [0.2, 0.25) is 0 Å². The van der Waals surface area contributed by atoms with E-state index in [1.807, 2.05) is 6.92 Å². The van der Waals surface area contributed by atoms with E-state index in [1.165, 1.54) is 16.8 Å². The molecule has 88 valence electrons. The van der Waals surface area contributed by atoms with Gasteiger partial charge in [-0.3, -0.25) is 4.57 Å². The Morgan fingerprint density at radius 3 is 3.00 bits per heavy atom. The quantitative estimate of drug-likeness (QED) is 0.853. The smallest absolute Gasteiger partial charge is 0.294 e. The summed E-state index contributed by atoms with van der Waals surface area (Å²) in [5.74, 6) is -0.337. The number of hydrogen-bond acceptors (Lipinski definition) is 2. The van der Waals surface area contributed by atoms with Crippen molar-refractivity contribution in [3.63, 3.8) is 0 Å². The van der Waals surface area contributed by atoms with Gasteiger partial charge in [0, 0.05) is 12.4 Å². The molecule has 0 spiro atoms. The summed E-state index contributed by atoms with van der Waals surface area (Å²) in [5, 5.41) is 0. The second-order valence-corrected chi connectivity index (χ2v) is 4.55. The molecule has 0 aliphatic heterocycles. The first-order valence-corrected chi connectivity index (χ1v) is 5.83. The number of halogens is 2. The minimum Gasteiger partial charge on any atom is -0.294 e. The van der Waals surface area contributed by atoms with E-state index >= 15 is 0 Å². The number of hydrogen-bond donors (Lipinski definition) is 0. The van der Waals surface area contributed by atoms with Crippen molar-refractivity contribution in [3.8, 4) is 0 Å². The SMILES string of the molecule is Cc1cnc(=O)n(Cc2cccc(F)c2Br)c1. The molecule has 2 rings (SSSR count). The Balaban J connectivity index is 2.41. The van der Waals surface area contributed by atoms with Crippen LogP contribution in [-0.4, -0.2) is 9.55 Å². The molecule has 0 N–H and O–H groups in total. The fourth-order valence-corrected chi connectivity index (χ4v) is 1.92. The van der Waals surface area contributed by atoms with Gasteiger partial charge in [-0.2, -0.15) is 0 Å². The van der Waals surface area contributed by atoms with Gasteiger partial charge in [0.05, 0.1) is 11.0 Å². The lowest BCUT2D eigenvalue weighted by Crippen LogP contribution is -2.23. The van der Waals surface area contributed by atoms with E-state index in [4.69, 9.17) is 0 Å². The molecule has 0 saturated heterocycles. The van der Waals surface area contributed by atoms with Crippen molar-refractivity contribution in [1.29, 1.82) is 0 Å². The van der Waals surface area contributed by atoms with Gasteiger partial charge < -0.3 is 0 Å². The molecular formula is C12H10BrFN2O. The molecule has 0 atom stereocenters. The zero-order chi connectivity index (χ0) is 12.4. The summed E-state index contributed by atoms with van der Waals surface area (Å²) < 4.78 is 15.1. The number of aromatic nitrogens is 2. The van der Waals surface area contributed by atoms with Crippen LogP contribution in [0.4, 0.5) is 4.39 Å². The van der Waals surface area contributed by atoms with Gasteiger partial charge in [0.2, 0.25) is 0 Å². The van der Waals surface area contributed by atoms with Crippen molar-refractivity contribution in [2.75, 3.05) is 0 Å². The fraction of sp³-hybridized carbons (Fsp3) is 0.167. The Morgan fingerprint density at radius 2 is 2.24 bits per heavy atom. The maximum Gasteiger partial charge on any atom is 0.347 e. The molecule has 0 fully saturated rings. The van der Waals surface area contributed by atoms with Gasteiger partial charge in [-0.1, -0.05) is 12.1 Å². The zero-order valence-electron chi connectivity index (χ0n) is 9.15. The molecule has 0 unspecified atom stereocenters. The second-order valence-electron chi connectivity index (χ2n) is 3.75. The summed E-state index contributed by atoms with van der Waals surface area (Å²) in [5.41, 5.74) is 1.25. The molecular weight excluding hydrogens is 287 g/mol. The van der Waals surface area contributed by atoms with Gasteiger partial charge in [-0.05, 0) is 40.0 Å². The van der Waals surface area contributed by atoms with Gasteiger partial charge in [0.15, 0.2) is 0 Å². The maximum absolute atomic E-state index is 13.3. The first-order chi connectivity index (χ1) is 8.08. The highest BCUT2D eigenvalue weighted by atomic mass is 79.9. The number of nitrogens with zero attached hydrogens (tertiary/aromatic N) is 2. The monoisotopic (exact) mass is 296 g/mol. The van der Waals surface area contributed by atoms with Crippen molar-refractivity contribution < 1.29 is 4.39 Å². The molecule has 0 aliphatic carbocycles. The standard InChI is InChI=1S/C12H10BrFN2O/c1-8-5-15-12(17)16(6-8)7-9-3-2-4-10(14)11(9)13/h2-6H,7H2,1H3. The zero-order valence-corrected chi connectivity index (χ0v) is 10.7. The van der Waals surface area contributed by atoms with Gasteiger partial charge in [-0.25, -0.2) is 14.2 Å². The first kappa shape index (κ1) is 12.0. The minimum absolute atomic E-state index is 0.297. The van der Waals surface area contributed by atoms with E-state index < -0.39 is 0 Å². The van der Waals surface area contributed by atoms with Crippen LogP contribution >= 0.6 is 15.9 Å². The fourth-order valence-electron chi connectivity index (χ4n) is 1.53. The Labute approximate surface area is 106 Å². The van der Waals surface area contributed by atoms with Crippen molar-refractivity contribution in [2.24, 2.45) is 0 Å². The summed E-state index contributed by atoms with van der Waals surface area (Å²) in [6.45, 7) is 2.15. The van der Waals surface area contributed by atoms with Crippen LogP contribution in [0.3, 0.4) is 0 Å². The Hall–Kier alpha value is -1.49. The predicted octanol–water partition coefficient (Wildman–Crippen LogP) is 2.50. The van der Waals surface area contributed by atoms with Crippen LogP contribution in [0.25, 0.3) is 0 Å². The van der Waals surface area contributed by atoms with E-state index in [9.17, 15) is 9.18 Å². The molecule has 1 heterocycles. The predicted molar refractivity (Wildman–Crippen MR) is 66.4 cm³/mol. The average Bonchev–Trinajstić information content (AvgIpc) is 2.30. The molecule has 0 radical (unpaired) electrons. The molecule has 0 bridgehead atoms. The van der Waals surface area contributed by atoms with E-state index in [0.29, 0.717) is 16.6 Å². The normalized spacial score (nSPS) is 10.5. The minimum atomic E-state index is -0.341. The number of aryl methyl sites for hydroxylation is 1. The molecule has 0 amide bonds. The third-order valence-corrected chi connectivity index (χ3v) is 3.24. The molecule has 1 aromatic carbocycles. The Kier molecular flexibility index (Phi) is 3.38. The highest BCUT2D eigenvalue weighted by Gasteiger charge is 2.06. The van der Waals surface area contributed by atoms with Crippen LogP contribution in [0.1, 0.15) is 11.1 Å². The molecule has 3 nitrogen and oxygen atoms in total. The molecule has 0 saturated carbocycles. The summed E-state index contributed by atoms with van der Waals surface area (Å²) in [6, 6.07) is 4.75. The summed E-state index contributed by atoms with van der Waals surface area (Å²) in [7, 11) is 0. The molecule has 17 heavy (non-hydrogen) atoms. The van der Waals surface area contributed by atoms with E-state index in [-0.39, 0.29) is 11.5 Å². The van der Waals surface area contributed by atoms with Gasteiger partial charge >= 0.3 is 5.69 Å². The Bertz CT molecular complexity index is 610. The van der Waals surface area contributed by atoms with Crippen LogP contribution < -0.4 is 5.69 Å². The first-order valence-electron chi connectivity index (χ1n) is 5.04. The van der Waals surface area contributed by atoms with Crippen molar-refractivity contribution in [1.82, 2.24) is 9.55 Å². The van der Waals surface area contributed by atoms with Crippen molar-refractivity contribution >= 4 is 15.9 Å². The average molecular weight is 297 g/mol. The van der Waals surface area contributed by atoms with Crippen LogP contribution in [0.15, 0.2) is 39.9 Å². The summed E-state index contributed by atoms with van der Waals surface area (Å²) in [4.78, 5) is 15.2. The number of benzene rings is 1. The highest BCUT2D eigenvalue weighted by molar-refractivity contribution is 9.10. The lowest BCUT2D eigenvalue weighted by molar-refractivity contribution is 0.614. The van der Waals surface area contributed by atoms with E-state index in [2.05, 4.69) is 20.9 Å². The molecule has 0 aliphatic rings. The van der Waals surface area contributed by atoms with Crippen molar-refractivity contribution in [2.45, 2.75) is 13.5 Å². The van der Waals surface area contributed by atoms with Gasteiger partial charge in [0.25, 0.3) is 0 Å². The van der Waals surface area contributed by atoms with Gasteiger partial charge in [0.1, 0.15) is 5.82 Å². The highest BCUT2D eigenvalue weighted by Crippen LogP contribution is 2.20. The van der Waals surface area contributed by atoms with Crippen molar-refractivity contribution in [3.05, 3.63) is 62.5 Å². The third kappa shape index (κ3) is 2.61. The number of rotatable bonds is 2. The van der Waals surface area contributed by atoms with Crippen LogP contribution in [0.5, 0.6) is 0 Å². The lowest BCUT2D eigenvalue weighted by atomic mass is 10.2. The Morgan fingerprint density at radius 1 is 1.47 bits per heavy atom. The molecule has 5 heteroatoms.